The third-order valence-corrected chi connectivity index (χ3v) is 31.3. The van der Waals surface area contributed by atoms with Gasteiger partial charge in [-0.05, 0) is 203 Å². The second kappa shape index (κ2) is 1.78. The fourth-order valence-corrected chi connectivity index (χ4v) is 36.5. The van der Waals surface area contributed by atoms with Gasteiger partial charge >= 0.3 is 0 Å². The van der Waals surface area contributed by atoms with Gasteiger partial charge in [-0.2, -0.15) is 0 Å². The molecule has 30 aliphatic carbocycles. The smallest absolute Gasteiger partial charge is 0.00000236 e. The van der Waals surface area contributed by atoms with E-state index in [1.807, 2.05) is 0 Å². The van der Waals surface area contributed by atoms with E-state index in [4.69, 9.17) is 5.73 Å². The molecule has 40 heavy (non-hydrogen) atoms. The first-order chi connectivity index (χ1) is 18.6. The highest BCUT2D eigenvalue weighted by Crippen LogP contribution is 3.88. The summed E-state index contributed by atoms with van der Waals surface area (Å²) in [5, 5.41) is 0. The van der Waals surface area contributed by atoms with Crippen LogP contribution in [-0.4, -0.2) is 0 Å². The van der Waals surface area contributed by atoms with Crippen molar-refractivity contribution in [3.05, 3.63) is 12.3 Å². The van der Waals surface area contributed by atoms with E-state index in [0.717, 1.165) is 21.7 Å². The number of hydrogen-bond acceptors (Lipinski definition) is 1. The summed E-state index contributed by atoms with van der Waals surface area (Å²) in [7, 11) is 0. The van der Waals surface area contributed by atoms with Crippen LogP contribution < -0.4 is 5.73 Å². The lowest BCUT2D eigenvalue weighted by Crippen LogP contribution is -2.15. The van der Waals surface area contributed by atoms with E-state index in [-0.39, 0.29) is 14.9 Å². The van der Waals surface area contributed by atoms with Crippen LogP contribution in [0.1, 0.15) is 47.5 Å². The summed E-state index contributed by atoms with van der Waals surface area (Å²) in [5.74, 6) is 5.50. The molecule has 30 rings (SSSR count). The molecule has 28 atom stereocenters. The average Bonchev–Trinajstić information content (AvgIpc) is 3.58. The topological polar surface area (TPSA) is 26.0 Å². The summed E-state index contributed by atoms with van der Waals surface area (Å²) in [4.78, 5) is 0. The van der Waals surface area contributed by atoms with E-state index >= 15 is 0 Å². The van der Waals surface area contributed by atoms with E-state index in [0.29, 0.717) is 5.70 Å². The van der Waals surface area contributed by atoms with Crippen LogP contribution in [0.2, 0.25) is 0 Å². The van der Waals surface area contributed by atoms with Gasteiger partial charge in [0.25, 0.3) is 0 Å². The number of rotatable bonds is 0. The molecule has 0 aromatic heterocycles. The van der Waals surface area contributed by atoms with Crippen molar-refractivity contribution < 1.29 is 0 Å². The Balaban J connectivity index is 0.0000000669. The van der Waals surface area contributed by atoms with Crippen LogP contribution in [-0.2, 0) is 0 Å². The van der Waals surface area contributed by atoms with Crippen LogP contribution in [0.4, 0.5) is 0 Å². The quantitative estimate of drug-likeness (QED) is 0.528. The van der Waals surface area contributed by atoms with E-state index in [2.05, 4.69) is 6.58 Å². The maximum Gasteiger partial charge on any atom is -0.00000236 e. The van der Waals surface area contributed by atoms with E-state index in [9.17, 15) is 0 Å². The summed E-state index contributed by atoms with van der Waals surface area (Å²) in [6, 6.07) is 0. The molecule has 30 aliphatic rings. The van der Waals surface area contributed by atoms with Gasteiger partial charge in [-0.1, -0.05) is 21.4 Å². The number of hydrogen-bond donors (Lipinski definition) is 1. The van der Waals surface area contributed by atoms with Crippen LogP contribution in [0, 0.1) is 164 Å². The molecule has 0 aromatic carbocycles. The van der Waals surface area contributed by atoms with Gasteiger partial charge in [-0.3, -0.25) is 0 Å². The normalized spacial score (nSPS) is 139. The lowest BCUT2D eigenvalue weighted by atomic mass is 9.86. The molecule has 0 heterocycles. The zero-order valence-electron chi connectivity index (χ0n) is 20.9. The van der Waals surface area contributed by atoms with Crippen molar-refractivity contribution in [2.24, 2.45) is 170 Å². The highest BCUT2D eigenvalue weighted by Gasteiger charge is 3.88. The van der Waals surface area contributed by atoms with Gasteiger partial charge in [0.05, 0.1) is 0 Å². The standard InChI is InChI=1S/2C17H6.C3H7N.2CH4/c2*1-3-5(1)7(3)9(5)11(7)13(9)15(11)16-12-8-4-2-6(4,8)10(8,12)14(12,16)17(13,15)16;1-3(2)4;;/h2*3-4H,1-2H2;1,4H2,2H3;2*1H4. The molecule has 0 saturated heterocycles. The molecular weight excluding hydrogens is 482 g/mol. The van der Waals surface area contributed by atoms with Crippen LogP contribution in [0.25, 0.3) is 0 Å². The molecule has 30 fully saturated rings. The minimum Gasteiger partial charge on any atom is -0.403 e. The molecule has 188 valence electrons. The molecule has 0 aromatic rings. The van der Waals surface area contributed by atoms with Gasteiger partial charge in [0, 0.05) is 0 Å². The fraction of sp³-hybridized carbons (Fsp3) is 0.949. The largest absolute Gasteiger partial charge is 0.403 e. The van der Waals surface area contributed by atoms with Gasteiger partial charge in [-0.25, -0.2) is 0 Å². The second-order valence-corrected chi connectivity index (χ2v) is 24.5. The Morgan fingerprint density at radius 2 is 0.600 bits per heavy atom. The van der Waals surface area contributed by atoms with Crippen LogP contribution >= 0.6 is 0 Å². The van der Waals surface area contributed by atoms with Gasteiger partial charge in [0.15, 0.2) is 0 Å². The Hall–Kier alpha value is -0.460. The molecule has 0 bridgehead atoms. The lowest BCUT2D eigenvalue weighted by Gasteiger charge is -2.15. The Morgan fingerprint density at radius 1 is 0.425 bits per heavy atom. The van der Waals surface area contributed by atoms with Crippen molar-refractivity contribution in [3.8, 4) is 0 Å². The summed E-state index contributed by atoms with van der Waals surface area (Å²) in [6.07, 6.45) is 6.98. The monoisotopic (exact) mass is 509 g/mol. The summed E-state index contributed by atoms with van der Waals surface area (Å²) in [5.41, 5.74) is 36.9. The molecule has 28 unspecified atom stereocenters. The second-order valence-electron chi connectivity index (χ2n) is 24.5. The SMILES string of the molecule is C.C.C1C2C13C21C32C13C21C32C34C56C78C9CC97C85C63C124.C1C2C13C21C32C13C21C32C34C56C78C9CC97C85C63C124.C=C(C)N. The van der Waals surface area contributed by atoms with Crippen molar-refractivity contribution in [2.75, 3.05) is 0 Å². The predicted octanol–water partition coefficient (Wildman–Crippen LogP) is 3.80. The molecule has 0 radical (unpaired) electrons. The minimum absolute atomic E-state index is 0. The van der Waals surface area contributed by atoms with Crippen molar-refractivity contribution in [1.82, 2.24) is 0 Å². The molecule has 1 nitrogen and oxygen atoms in total. The first kappa shape index (κ1) is 14.1. The number of allylic oxidation sites excluding steroid dienone is 1. The Bertz CT molecular complexity index is 2310. The molecular formula is C39H27N. The molecule has 2 N–H and O–H groups in total. The highest BCUT2D eigenvalue weighted by molar-refractivity contribution is 6.32. The molecule has 0 aliphatic heterocycles. The van der Waals surface area contributed by atoms with Crippen LogP contribution in [0.15, 0.2) is 12.3 Å². The van der Waals surface area contributed by atoms with E-state index in [1.54, 1.807) is 32.6 Å². The van der Waals surface area contributed by atoms with Crippen LogP contribution in [0.5, 0.6) is 0 Å². The van der Waals surface area contributed by atoms with E-state index in [1.165, 1.54) is 143 Å². The Morgan fingerprint density at radius 3 is 0.775 bits per heavy atom. The third-order valence-electron chi connectivity index (χ3n) is 31.3. The molecule has 30 saturated carbocycles. The van der Waals surface area contributed by atoms with Gasteiger partial charge in [-0.15, -0.1) is 0 Å². The van der Waals surface area contributed by atoms with Crippen molar-refractivity contribution in [1.29, 1.82) is 0 Å². The zero-order chi connectivity index (χ0) is 21.7. The first-order valence-electron chi connectivity index (χ1n) is 18.0. The van der Waals surface area contributed by atoms with Gasteiger partial charge in [0.1, 0.15) is 0 Å². The molecule has 1 heteroatoms. The number of nitrogens with two attached hydrogens (primary N) is 1. The van der Waals surface area contributed by atoms with Crippen molar-refractivity contribution >= 4 is 0 Å². The molecule has 26 spiro atoms. The average molecular weight is 510 g/mol. The Kier molecular flexibility index (Phi) is 0.628. The van der Waals surface area contributed by atoms with Crippen molar-refractivity contribution in [2.45, 2.75) is 47.5 Å². The zero-order valence-corrected chi connectivity index (χ0v) is 20.9. The minimum atomic E-state index is 0. The summed E-state index contributed by atoms with van der Waals surface area (Å²) >= 11 is 0. The third kappa shape index (κ3) is 0.282. The maximum absolute atomic E-state index is 4.92. The summed E-state index contributed by atoms with van der Waals surface area (Å²) in [6.45, 7) is 5.08. The Labute approximate surface area is 229 Å². The lowest BCUT2D eigenvalue weighted by molar-refractivity contribution is 0.285. The highest BCUT2D eigenvalue weighted by atomic mass is 15.9. The maximum atomic E-state index is 4.92. The van der Waals surface area contributed by atoms with Gasteiger partial charge in [0.2, 0.25) is 0 Å². The predicted molar refractivity (Wildman–Crippen MR) is 128 cm³/mol. The molecule has 0 amide bonds. The summed E-state index contributed by atoms with van der Waals surface area (Å²) < 4.78 is 0. The van der Waals surface area contributed by atoms with Gasteiger partial charge < -0.3 is 5.73 Å². The van der Waals surface area contributed by atoms with Crippen molar-refractivity contribution in [3.63, 3.8) is 0 Å². The first-order valence-corrected chi connectivity index (χ1v) is 18.0. The van der Waals surface area contributed by atoms with Crippen LogP contribution in [0.3, 0.4) is 0 Å². The fourth-order valence-electron chi connectivity index (χ4n) is 36.5. The van der Waals surface area contributed by atoms with E-state index < -0.39 is 0 Å².